The van der Waals surface area contributed by atoms with Crippen LogP contribution in [0.15, 0.2) is 18.3 Å². The van der Waals surface area contributed by atoms with Gasteiger partial charge in [-0.3, -0.25) is 4.98 Å². The Morgan fingerprint density at radius 1 is 1.53 bits per heavy atom. The smallest absolute Gasteiger partial charge is 0.429 e. The summed E-state index contributed by atoms with van der Waals surface area (Å²) < 4.78 is 43.4. The summed E-state index contributed by atoms with van der Waals surface area (Å²) in [6, 6.07) is 2.89. The van der Waals surface area contributed by atoms with Crippen molar-refractivity contribution in [1.82, 2.24) is 4.98 Å². The number of thioether (sulfide) groups is 1. The van der Waals surface area contributed by atoms with E-state index in [1.165, 1.54) is 18.3 Å². The summed E-state index contributed by atoms with van der Waals surface area (Å²) in [6.07, 6.45) is -3.11. The average Bonchev–Trinajstić information content (AvgIpc) is 2.36. The second-order valence-corrected chi connectivity index (χ2v) is 5.03. The SMILES string of the molecule is CC[B]c1ccc(C(OC(=S)SC)C(F)(F)F)cn1. The zero-order chi connectivity index (χ0) is 14.5. The van der Waals surface area contributed by atoms with E-state index in [0.717, 1.165) is 18.1 Å². The molecule has 1 atom stereocenters. The van der Waals surface area contributed by atoms with Crippen LogP contribution in [0.5, 0.6) is 0 Å². The normalized spacial score (nSPS) is 12.9. The van der Waals surface area contributed by atoms with Crippen LogP contribution in [0.3, 0.4) is 0 Å². The quantitative estimate of drug-likeness (QED) is 0.629. The molecule has 19 heavy (non-hydrogen) atoms. The van der Waals surface area contributed by atoms with Gasteiger partial charge in [0, 0.05) is 11.8 Å². The first-order valence-corrected chi connectivity index (χ1v) is 7.12. The van der Waals surface area contributed by atoms with Crippen LogP contribution in [-0.2, 0) is 4.74 Å². The molecule has 8 heteroatoms. The molecule has 0 saturated carbocycles. The number of halogens is 3. The zero-order valence-electron chi connectivity index (χ0n) is 10.4. The maximum Gasteiger partial charge on any atom is 0.429 e. The summed E-state index contributed by atoms with van der Waals surface area (Å²) in [5.74, 6) is 0. The first kappa shape index (κ1) is 16.3. The van der Waals surface area contributed by atoms with Crippen LogP contribution in [0.25, 0.3) is 0 Å². The van der Waals surface area contributed by atoms with Crippen LogP contribution in [0.1, 0.15) is 18.6 Å². The van der Waals surface area contributed by atoms with Crippen molar-refractivity contribution in [2.45, 2.75) is 25.5 Å². The molecule has 2 nitrogen and oxygen atoms in total. The van der Waals surface area contributed by atoms with Crippen LogP contribution in [0, 0.1) is 0 Å². The van der Waals surface area contributed by atoms with Crippen LogP contribution in [0.2, 0.25) is 6.32 Å². The third-order valence-electron chi connectivity index (χ3n) is 2.20. The van der Waals surface area contributed by atoms with Crippen molar-refractivity contribution in [2.24, 2.45) is 0 Å². The third-order valence-corrected chi connectivity index (χ3v) is 3.23. The fourth-order valence-electron chi connectivity index (χ4n) is 1.37. The lowest BCUT2D eigenvalue weighted by Crippen LogP contribution is -2.26. The van der Waals surface area contributed by atoms with E-state index in [2.05, 4.69) is 17.2 Å². The molecule has 1 heterocycles. The number of hydrogen-bond donors (Lipinski definition) is 0. The lowest BCUT2D eigenvalue weighted by atomic mass is 9.71. The van der Waals surface area contributed by atoms with Crippen molar-refractivity contribution in [3.63, 3.8) is 0 Å². The number of rotatable bonds is 4. The number of aromatic nitrogens is 1. The third kappa shape index (κ3) is 5.02. The van der Waals surface area contributed by atoms with Crippen LogP contribution < -0.4 is 5.59 Å². The van der Waals surface area contributed by atoms with Gasteiger partial charge in [-0.25, -0.2) is 0 Å². The molecule has 0 aliphatic heterocycles. The van der Waals surface area contributed by atoms with Gasteiger partial charge in [-0.1, -0.05) is 37.1 Å². The zero-order valence-corrected chi connectivity index (χ0v) is 12.0. The molecule has 0 N–H and O–H groups in total. The van der Waals surface area contributed by atoms with E-state index < -0.39 is 12.3 Å². The molecule has 1 rings (SSSR count). The van der Waals surface area contributed by atoms with Gasteiger partial charge in [0.2, 0.25) is 10.5 Å². The molecule has 0 spiro atoms. The highest BCUT2D eigenvalue weighted by Crippen LogP contribution is 2.36. The molecule has 1 aromatic heterocycles. The predicted molar refractivity (Wildman–Crippen MR) is 76.1 cm³/mol. The van der Waals surface area contributed by atoms with Crippen molar-refractivity contribution in [1.29, 1.82) is 0 Å². The monoisotopic (exact) mass is 306 g/mol. The fourth-order valence-corrected chi connectivity index (χ4v) is 1.66. The molecular formula is C11H12BF3NOS2. The standard InChI is InChI=1S/C11H12BF3NOS2/c1-3-12-8-5-4-7(6-16-8)9(11(13,14)15)17-10(18)19-2/h4-6,9H,3H2,1-2H3. The first-order chi connectivity index (χ1) is 8.88. The summed E-state index contributed by atoms with van der Waals surface area (Å²) in [4.78, 5) is 3.95. The predicted octanol–water partition coefficient (Wildman–Crippen LogP) is 3.12. The van der Waals surface area contributed by atoms with E-state index in [1.54, 1.807) is 6.26 Å². The number of alkyl halides is 3. The van der Waals surface area contributed by atoms with Gasteiger partial charge in [0.25, 0.3) is 0 Å². The lowest BCUT2D eigenvalue weighted by molar-refractivity contribution is -0.200. The second kappa shape index (κ2) is 7.14. The summed E-state index contributed by atoms with van der Waals surface area (Å²) in [7, 11) is 1.82. The highest BCUT2D eigenvalue weighted by molar-refractivity contribution is 8.22. The van der Waals surface area contributed by atoms with Gasteiger partial charge in [-0.15, -0.1) is 0 Å². The van der Waals surface area contributed by atoms with Gasteiger partial charge in [0.05, 0.1) is 0 Å². The maximum atomic E-state index is 12.9. The maximum absolute atomic E-state index is 12.9. The minimum absolute atomic E-state index is 0.0582. The van der Waals surface area contributed by atoms with Gasteiger partial charge in [0.15, 0.2) is 7.28 Å². The lowest BCUT2D eigenvalue weighted by Gasteiger charge is -2.21. The number of ether oxygens (including phenoxy) is 1. The number of thiocarbonyl (C=S) groups is 1. The van der Waals surface area contributed by atoms with Crippen LogP contribution >= 0.6 is 24.0 Å². The van der Waals surface area contributed by atoms with Crippen LogP contribution in [-0.4, -0.2) is 29.1 Å². The highest BCUT2D eigenvalue weighted by Gasteiger charge is 2.43. The molecule has 1 aromatic rings. The van der Waals surface area contributed by atoms with Crippen molar-refractivity contribution >= 4 is 41.2 Å². The number of nitrogens with zero attached hydrogens (tertiary/aromatic N) is 1. The fraction of sp³-hybridized carbons (Fsp3) is 0.455. The first-order valence-electron chi connectivity index (χ1n) is 5.49. The minimum Gasteiger partial charge on any atom is -0.461 e. The molecule has 0 aliphatic rings. The molecule has 0 amide bonds. The average molecular weight is 306 g/mol. The molecule has 1 radical (unpaired) electrons. The Morgan fingerprint density at radius 3 is 2.63 bits per heavy atom. The Morgan fingerprint density at radius 2 is 2.21 bits per heavy atom. The van der Waals surface area contributed by atoms with Crippen LogP contribution in [0.4, 0.5) is 13.2 Å². The van der Waals surface area contributed by atoms with E-state index in [1.807, 2.05) is 14.2 Å². The largest absolute Gasteiger partial charge is 0.461 e. The Kier molecular flexibility index (Phi) is 6.13. The van der Waals surface area contributed by atoms with Crippen molar-refractivity contribution < 1.29 is 17.9 Å². The molecule has 0 aromatic carbocycles. The molecule has 0 aliphatic carbocycles. The Bertz CT molecular complexity index is 425. The van der Waals surface area contributed by atoms with Crippen molar-refractivity contribution in [3.05, 3.63) is 23.9 Å². The van der Waals surface area contributed by atoms with Crippen molar-refractivity contribution in [3.8, 4) is 0 Å². The highest BCUT2D eigenvalue weighted by atomic mass is 32.2. The van der Waals surface area contributed by atoms with Gasteiger partial charge < -0.3 is 4.74 Å². The Balaban J connectivity index is 2.94. The van der Waals surface area contributed by atoms with E-state index in [4.69, 9.17) is 4.74 Å². The van der Waals surface area contributed by atoms with Gasteiger partial charge in [-0.05, 0) is 24.1 Å². The number of hydrogen-bond acceptors (Lipinski definition) is 4. The molecule has 103 valence electrons. The van der Waals surface area contributed by atoms with E-state index in [-0.39, 0.29) is 9.95 Å². The minimum atomic E-state index is -4.53. The summed E-state index contributed by atoms with van der Waals surface area (Å²) >= 11 is 5.64. The Labute approximate surface area is 120 Å². The topological polar surface area (TPSA) is 22.1 Å². The Hall–Kier alpha value is -0.755. The summed E-state index contributed by atoms with van der Waals surface area (Å²) in [5, 5.41) is 0. The van der Waals surface area contributed by atoms with Gasteiger partial charge >= 0.3 is 6.18 Å². The molecule has 1 unspecified atom stereocenters. The molecule has 0 saturated heterocycles. The molecule has 0 bridgehead atoms. The second-order valence-electron chi connectivity index (χ2n) is 3.62. The molecule has 0 fully saturated rings. The van der Waals surface area contributed by atoms with Crippen molar-refractivity contribution in [2.75, 3.05) is 6.26 Å². The summed E-state index contributed by atoms with van der Waals surface area (Å²) in [6.45, 7) is 1.92. The number of pyridine rings is 1. The van der Waals surface area contributed by atoms with E-state index in [9.17, 15) is 13.2 Å². The van der Waals surface area contributed by atoms with Gasteiger partial charge in [-0.2, -0.15) is 13.2 Å². The van der Waals surface area contributed by atoms with E-state index in [0.29, 0.717) is 5.59 Å². The van der Waals surface area contributed by atoms with E-state index >= 15 is 0 Å². The summed E-state index contributed by atoms with van der Waals surface area (Å²) in [5.41, 5.74) is 0.580. The van der Waals surface area contributed by atoms with Gasteiger partial charge in [0.1, 0.15) is 0 Å². The molecular weight excluding hydrogens is 294 g/mol.